The lowest BCUT2D eigenvalue weighted by Gasteiger charge is -2.29. The number of methoxy groups -OCH3 is 1. The number of amides is 1. The van der Waals surface area contributed by atoms with E-state index >= 15 is 0 Å². The van der Waals surface area contributed by atoms with Gasteiger partial charge in [0.25, 0.3) is 0 Å². The van der Waals surface area contributed by atoms with Gasteiger partial charge in [0.1, 0.15) is 5.75 Å². The van der Waals surface area contributed by atoms with Crippen molar-refractivity contribution in [3.63, 3.8) is 0 Å². The van der Waals surface area contributed by atoms with Crippen LogP contribution in [0.15, 0.2) is 72.9 Å². The van der Waals surface area contributed by atoms with Crippen LogP contribution in [-0.4, -0.2) is 27.7 Å². The minimum atomic E-state index is -0.182. The third-order valence-corrected chi connectivity index (χ3v) is 7.50. The molecule has 38 heavy (non-hydrogen) atoms. The molecule has 1 amide bonds. The van der Waals surface area contributed by atoms with Crippen LogP contribution in [0, 0.1) is 20.8 Å². The maximum Gasteiger partial charge on any atom is 0.221 e. The number of thiocarbonyl (C=S) groups is 1. The highest BCUT2D eigenvalue weighted by Crippen LogP contribution is 2.46. The quantitative estimate of drug-likeness (QED) is 0.304. The maximum atomic E-state index is 11.9. The van der Waals surface area contributed by atoms with E-state index in [1.807, 2.05) is 48.7 Å². The first-order valence-electron chi connectivity index (χ1n) is 12.5. The summed E-state index contributed by atoms with van der Waals surface area (Å²) in [6, 6.07) is 21.7. The van der Waals surface area contributed by atoms with Crippen LogP contribution in [0.4, 0.5) is 11.4 Å². The van der Waals surface area contributed by atoms with Crippen LogP contribution in [0.25, 0.3) is 5.69 Å². The molecule has 0 radical (unpaired) electrons. The van der Waals surface area contributed by atoms with Gasteiger partial charge in [-0.1, -0.05) is 24.3 Å². The Kier molecular flexibility index (Phi) is 6.91. The third kappa shape index (κ3) is 4.41. The average Bonchev–Trinajstić information content (AvgIpc) is 3.36. The Morgan fingerprint density at radius 1 is 1.00 bits per heavy atom. The summed E-state index contributed by atoms with van der Waals surface area (Å²) in [5.74, 6) is 0.408. The lowest BCUT2D eigenvalue weighted by atomic mass is 9.93. The number of hydrogen-bond acceptors (Lipinski definition) is 4. The van der Waals surface area contributed by atoms with Crippen LogP contribution in [0.1, 0.15) is 47.2 Å². The highest BCUT2D eigenvalue weighted by molar-refractivity contribution is 7.80. The van der Waals surface area contributed by atoms with E-state index in [1.165, 1.54) is 23.7 Å². The molecule has 0 spiro atoms. The summed E-state index contributed by atoms with van der Waals surface area (Å²) in [4.78, 5) is 18.8. The number of carbonyl (C=O) groups is 1. The Balaban J connectivity index is 1.72. The van der Waals surface area contributed by atoms with Gasteiger partial charge in [-0.3, -0.25) is 9.78 Å². The highest BCUT2D eigenvalue weighted by atomic mass is 32.1. The molecule has 0 aliphatic carbocycles. The summed E-state index contributed by atoms with van der Waals surface area (Å²) < 4.78 is 7.81. The molecule has 0 saturated carbocycles. The molecule has 7 nitrogen and oxygen atoms in total. The number of pyridine rings is 1. The van der Waals surface area contributed by atoms with E-state index in [-0.39, 0.29) is 18.0 Å². The van der Waals surface area contributed by atoms with Gasteiger partial charge < -0.3 is 24.8 Å². The minimum Gasteiger partial charge on any atom is -0.495 e. The largest absolute Gasteiger partial charge is 0.495 e. The molecule has 2 aromatic carbocycles. The third-order valence-electron chi connectivity index (χ3n) is 7.19. The first kappa shape index (κ1) is 25.5. The predicted molar refractivity (Wildman–Crippen MR) is 155 cm³/mol. The molecule has 5 rings (SSSR count). The van der Waals surface area contributed by atoms with E-state index in [1.54, 1.807) is 7.11 Å². The van der Waals surface area contributed by atoms with E-state index in [0.29, 0.717) is 16.5 Å². The van der Waals surface area contributed by atoms with Gasteiger partial charge in [0, 0.05) is 41.4 Å². The molecular formula is C30H31N5O2S. The number of anilines is 2. The molecule has 1 aliphatic rings. The monoisotopic (exact) mass is 525 g/mol. The second-order valence-corrected chi connectivity index (χ2v) is 9.83. The van der Waals surface area contributed by atoms with Crippen molar-refractivity contribution < 1.29 is 9.53 Å². The number of ether oxygens (including phenoxy) is 1. The fourth-order valence-electron chi connectivity index (χ4n) is 5.47. The number of nitrogens with one attached hydrogen (secondary N) is 2. The number of carbonyl (C=O) groups excluding carboxylic acids is 1. The summed E-state index contributed by atoms with van der Waals surface area (Å²) in [5, 5.41) is 7.02. The van der Waals surface area contributed by atoms with Gasteiger partial charge >= 0.3 is 0 Å². The second kappa shape index (κ2) is 10.3. The number of nitrogens with zero attached hydrogens (tertiary/aromatic N) is 3. The predicted octanol–water partition coefficient (Wildman–Crippen LogP) is 5.94. The SMILES string of the molecule is COc1ccc(N2C(=S)NC(c3ccccn3)C2c2c(C)c(C)n(-c3ccccc3)c2C)cc1NC(C)=O. The standard InChI is InChI=1S/C30H31N5O2S/c1-18-19(2)34(22-11-7-6-8-12-22)20(3)27(18)29-28(24-13-9-10-16-31-24)33-30(38)35(29)23-14-15-26(37-5)25(17-23)32-21(4)36/h6-17,28-29H,1-5H3,(H,32,36)(H,33,38). The minimum absolute atomic E-state index is 0.173. The van der Waals surface area contributed by atoms with Gasteiger partial charge in [-0.25, -0.2) is 0 Å². The van der Waals surface area contributed by atoms with Gasteiger partial charge in [-0.15, -0.1) is 0 Å². The van der Waals surface area contributed by atoms with Gasteiger partial charge in [0.2, 0.25) is 5.91 Å². The zero-order valence-electron chi connectivity index (χ0n) is 22.1. The van der Waals surface area contributed by atoms with Crippen molar-refractivity contribution >= 4 is 34.6 Å². The van der Waals surface area contributed by atoms with Crippen molar-refractivity contribution in [1.29, 1.82) is 0 Å². The Hall–Kier alpha value is -4.17. The van der Waals surface area contributed by atoms with E-state index in [9.17, 15) is 4.79 Å². The smallest absolute Gasteiger partial charge is 0.221 e. The topological polar surface area (TPSA) is 71.4 Å². The van der Waals surface area contributed by atoms with Crippen molar-refractivity contribution in [3.05, 3.63) is 101 Å². The van der Waals surface area contributed by atoms with Crippen molar-refractivity contribution in [2.75, 3.05) is 17.3 Å². The lowest BCUT2D eigenvalue weighted by Crippen LogP contribution is -2.30. The van der Waals surface area contributed by atoms with Crippen LogP contribution in [-0.2, 0) is 4.79 Å². The van der Waals surface area contributed by atoms with Gasteiger partial charge in [0.15, 0.2) is 5.11 Å². The first-order chi connectivity index (χ1) is 18.3. The van der Waals surface area contributed by atoms with Crippen LogP contribution in [0.2, 0.25) is 0 Å². The zero-order chi connectivity index (χ0) is 27.0. The molecule has 3 heterocycles. The molecule has 1 saturated heterocycles. The summed E-state index contributed by atoms with van der Waals surface area (Å²) in [7, 11) is 1.59. The second-order valence-electron chi connectivity index (χ2n) is 9.44. The number of aromatic nitrogens is 2. The van der Waals surface area contributed by atoms with Crippen molar-refractivity contribution in [1.82, 2.24) is 14.9 Å². The number of rotatable bonds is 6. The molecule has 8 heteroatoms. The van der Waals surface area contributed by atoms with Gasteiger partial charge in [-0.05, 0) is 81.0 Å². The van der Waals surface area contributed by atoms with Crippen LogP contribution < -0.4 is 20.3 Å². The zero-order valence-corrected chi connectivity index (χ0v) is 23.0. The molecular weight excluding hydrogens is 494 g/mol. The van der Waals surface area contributed by atoms with Gasteiger partial charge in [-0.2, -0.15) is 0 Å². The Labute approximate surface area is 228 Å². The van der Waals surface area contributed by atoms with E-state index < -0.39 is 0 Å². The van der Waals surface area contributed by atoms with E-state index in [4.69, 9.17) is 21.9 Å². The highest BCUT2D eigenvalue weighted by Gasteiger charge is 2.43. The molecule has 2 N–H and O–H groups in total. The lowest BCUT2D eigenvalue weighted by molar-refractivity contribution is -0.114. The molecule has 2 aromatic heterocycles. The Morgan fingerprint density at radius 3 is 2.39 bits per heavy atom. The molecule has 194 valence electrons. The summed E-state index contributed by atoms with van der Waals surface area (Å²) >= 11 is 5.95. The molecule has 4 aromatic rings. The van der Waals surface area contributed by atoms with Crippen LogP contribution >= 0.6 is 12.2 Å². The normalized spacial score (nSPS) is 16.9. The van der Waals surface area contributed by atoms with E-state index in [0.717, 1.165) is 22.8 Å². The fourth-order valence-corrected chi connectivity index (χ4v) is 5.81. The molecule has 2 atom stereocenters. The molecule has 1 fully saturated rings. The number of para-hydroxylation sites is 1. The van der Waals surface area contributed by atoms with Gasteiger partial charge in [0.05, 0.1) is 30.6 Å². The van der Waals surface area contributed by atoms with Crippen LogP contribution in [0.5, 0.6) is 5.75 Å². The molecule has 2 unspecified atom stereocenters. The molecule has 1 aliphatic heterocycles. The summed E-state index contributed by atoms with van der Waals surface area (Å²) in [6.07, 6.45) is 1.81. The number of hydrogen-bond donors (Lipinski definition) is 2. The first-order valence-corrected chi connectivity index (χ1v) is 12.9. The number of benzene rings is 2. The van der Waals surface area contributed by atoms with E-state index in [2.05, 4.69) is 65.1 Å². The Morgan fingerprint density at radius 2 is 1.74 bits per heavy atom. The van der Waals surface area contributed by atoms with Crippen molar-refractivity contribution in [2.24, 2.45) is 0 Å². The van der Waals surface area contributed by atoms with Crippen molar-refractivity contribution in [2.45, 2.75) is 39.8 Å². The fraction of sp³-hybridized carbons (Fsp3) is 0.233. The van der Waals surface area contributed by atoms with Crippen molar-refractivity contribution in [3.8, 4) is 11.4 Å². The molecule has 0 bridgehead atoms. The summed E-state index contributed by atoms with van der Waals surface area (Å²) in [6.45, 7) is 7.97. The van der Waals surface area contributed by atoms with Crippen LogP contribution in [0.3, 0.4) is 0 Å². The average molecular weight is 526 g/mol. The maximum absolute atomic E-state index is 11.9. The summed E-state index contributed by atoms with van der Waals surface area (Å²) in [5.41, 5.74) is 8.16. The Bertz CT molecular complexity index is 1500.